The number of benzene rings is 1. The highest BCUT2D eigenvalue weighted by molar-refractivity contribution is 6.30. The Labute approximate surface area is 111 Å². The van der Waals surface area contributed by atoms with Gasteiger partial charge in [-0.1, -0.05) is 23.7 Å². The molecule has 0 aromatic heterocycles. The number of halogens is 1. The van der Waals surface area contributed by atoms with E-state index in [0.717, 1.165) is 18.5 Å². The van der Waals surface area contributed by atoms with Crippen molar-refractivity contribution >= 4 is 17.5 Å². The van der Waals surface area contributed by atoms with Gasteiger partial charge in [0.15, 0.2) is 0 Å². The summed E-state index contributed by atoms with van der Waals surface area (Å²) in [5, 5.41) is 16.3. The van der Waals surface area contributed by atoms with E-state index in [0.29, 0.717) is 11.6 Å². The third kappa shape index (κ3) is 3.70. The number of aliphatic hydroxyl groups excluding tert-OH is 1. The third-order valence-corrected chi connectivity index (χ3v) is 3.29. The molecule has 18 heavy (non-hydrogen) atoms. The standard InChI is InChI=1S/C13H17ClN2O2/c14-10-3-1-2-9(6-10)7-13(18)16-11-4-5-15-8-12(11)17/h1-3,6,11-12,15,17H,4-5,7-8H2,(H,16,18)/t11-,12-/m1/s1. The Balaban J connectivity index is 1.88. The van der Waals surface area contributed by atoms with E-state index in [1.807, 2.05) is 12.1 Å². The minimum absolute atomic E-state index is 0.0804. The molecule has 1 aromatic carbocycles. The number of aliphatic hydroxyl groups is 1. The zero-order chi connectivity index (χ0) is 13.0. The number of carbonyl (C=O) groups excluding carboxylic acids is 1. The van der Waals surface area contributed by atoms with E-state index in [1.165, 1.54) is 0 Å². The smallest absolute Gasteiger partial charge is 0.224 e. The summed E-state index contributed by atoms with van der Waals surface area (Å²) < 4.78 is 0. The van der Waals surface area contributed by atoms with Crippen LogP contribution in [0.1, 0.15) is 12.0 Å². The highest BCUT2D eigenvalue weighted by Gasteiger charge is 2.24. The van der Waals surface area contributed by atoms with Crippen LogP contribution < -0.4 is 10.6 Å². The van der Waals surface area contributed by atoms with E-state index < -0.39 is 6.10 Å². The first kappa shape index (κ1) is 13.3. The lowest BCUT2D eigenvalue weighted by Crippen LogP contribution is -2.52. The number of carbonyl (C=O) groups is 1. The first-order valence-corrected chi connectivity index (χ1v) is 6.45. The van der Waals surface area contributed by atoms with E-state index in [9.17, 15) is 9.90 Å². The van der Waals surface area contributed by atoms with Gasteiger partial charge in [0.1, 0.15) is 0 Å². The van der Waals surface area contributed by atoms with E-state index in [1.54, 1.807) is 12.1 Å². The van der Waals surface area contributed by atoms with Crippen molar-refractivity contribution in [2.24, 2.45) is 0 Å². The van der Waals surface area contributed by atoms with Crippen LogP contribution in [0, 0.1) is 0 Å². The Hall–Kier alpha value is -1.10. The largest absolute Gasteiger partial charge is 0.390 e. The monoisotopic (exact) mass is 268 g/mol. The molecule has 2 rings (SSSR count). The van der Waals surface area contributed by atoms with Crippen LogP contribution >= 0.6 is 11.6 Å². The van der Waals surface area contributed by atoms with Crippen LogP contribution in [-0.4, -0.2) is 36.2 Å². The SMILES string of the molecule is O=C(Cc1cccc(Cl)c1)N[C@@H]1CCNC[C@H]1O. The molecule has 1 aliphatic rings. The molecule has 0 aliphatic carbocycles. The molecule has 1 heterocycles. The van der Waals surface area contributed by atoms with E-state index in [-0.39, 0.29) is 18.4 Å². The van der Waals surface area contributed by atoms with Gasteiger partial charge in [-0.3, -0.25) is 4.79 Å². The molecule has 3 N–H and O–H groups in total. The summed E-state index contributed by atoms with van der Waals surface area (Å²) in [6.07, 6.45) is 0.529. The molecule has 1 fully saturated rings. The number of hydrogen-bond donors (Lipinski definition) is 3. The van der Waals surface area contributed by atoms with Crippen LogP contribution in [0.2, 0.25) is 5.02 Å². The van der Waals surface area contributed by atoms with Gasteiger partial charge in [-0.05, 0) is 30.7 Å². The number of amides is 1. The summed E-state index contributed by atoms with van der Waals surface area (Å²) in [7, 11) is 0. The van der Waals surface area contributed by atoms with Crippen LogP contribution in [0.4, 0.5) is 0 Å². The average molecular weight is 269 g/mol. The molecule has 2 atom stereocenters. The lowest BCUT2D eigenvalue weighted by atomic mass is 10.0. The molecule has 0 unspecified atom stereocenters. The van der Waals surface area contributed by atoms with Crippen molar-refractivity contribution in [3.05, 3.63) is 34.9 Å². The predicted octanol–water partition coefficient (Wildman–Crippen LogP) is 0.722. The maximum absolute atomic E-state index is 11.9. The van der Waals surface area contributed by atoms with Crippen LogP contribution in [0.5, 0.6) is 0 Å². The van der Waals surface area contributed by atoms with Gasteiger partial charge < -0.3 is 15.7 Å². The van der Waals surface area contributed by atoms with Gasteiger partial charge >= 0.3 is 0 Å². The van der Waals surface area contributed by atoms with E-state index in [2.05, 4.69) is 10.6 Å². The normalized spacial score (nSPS) is 23.7. The van der Waals surface area contributed by atoms with Crippen LogP contribution in [0.25, 0.3) is 0 Å². The highest BCUT2D eigenvalue weighted by Crippen LogP contribution is 2.11. The molecule has 0 bridgehead atoms. The van der Waals surface area contributed by atoms with Crippen molar-refractivity contribution < 1.29 is 9.90 Å². The maximum Gasteiger partial charge on any atom is 0.224 e. The molecule has 5 heteroatoms. The fourth-order valence-electron chi connectivity index (χ4n) is 2.10. The van der Waals surface area contributed by atoms with Crippen molar-refractivity contribution in [3.63, 3.8) is 0 Å². The second kappa shape index (κ2) is 6.18. The molecule has 4 nitrogen and oxygen atoms in total. The van der Waals surface area contributed by atoms with Crippen molar-refractivity contribution in [1.29, 1.82) is 0 Å². The molecule has 1 aliphatic heterocycles. The second-order valence-electron chi connectivity index (χ2n) is 4.54. The quantitative estimate of drug-likeness (QED) is 0.757. The average Bonchev–Trinajstić information content (AvgIpc) is 2.32. The summed E-state index contributed by atoms with van der Waals surface area (Å²) in [5.74, 6) is -0.0804. The Kier molecular flexibility index (Phi) is 4.58. The predicted molar refractivity (Wildman–Crippen MR) is 70.6 cm³/mol. The fourth-order valence-corrected chi connectivity index (χ4v) is 2.31. The van der Waals surface area contributed by atoms with Gasteiger partial charge in [-0.15, -0.1) is 0 Å². The van der Waals surface area contributed by atoms with Crippen molar-refractivity contribution in [1.82, 2.24) is 10.6 Å². The zero-order valence-corrected chi connectivity index (χ0v) is 10.8. The molecular formula is C13H17ClN2O2. The summed E-state index contributed by atoms with van der Waals surface area (Å²) >= 11 is 5.86. The highest BCUT2D eigenvalue weighted by atomic mass is 35.5. The molecule has 0 radical (unpaired) electrons. The summed E-state index contributed by atoms with van der Waals surface area (Å²) in [6, 6.07) is 7.09. The first-order chi connectivity index (χ1) is 8.65. The molecule has 0 spiro atoms. The Morgan fingerprint density at radius 3 is 3.11 bits per heavy atom. The summed E-state index contributed by atoms with van der Waals surface area (Å²) in [4.78, 5) is 11.9. The zero-order valence-electron chi connectivity index (χ0n) is 10.0. The maximum atomic E-state index is 11.9. The number of hydrogen-bond acceptors (Lipinski definition) is 3. The molecule has 1 amide bonds. The minimum atomic E-state index is -0.512. The van der Waals surface area contributed by atoms with Crippen molar-refractivity contribution in [2.45, 2.75) is 25.0 Å². The molecular weight excluding hydrogens is 252 g/mol. The third-order valence-electron chi connectivity index (χ3n) is 3.05. The molecule has 1 aromatic rings. The number of β-amino-alcohol motifs (C(OH)–C–C–N with tert-alkyl or cyclic N) is 1. The van der Waals surface area contributed by atoms with Crippen LogP contribution in [-0.2, 0) is 11.2 Å². The lowest BCUT2D eigenvalue weighted by molar-refractivity contribution is -0.122. The van der Waals surface area contributed by atoms with E-state index in [4.69, 9.17) is 11.6 Å². The van der Waals surface area contributed by atoms with Gasteiger partial charge in [0, 0.05) is 11.6 Å². The van der Waals surface area contributed by atoms with Gasteiger partial charge in [0.25, 0.3) is 0 Å². The summed E-state index contributed by atoms with van der Waals surface area (Å²) in [6.45, 7) is 1.35. The van der Waals surface area contributed by atoms with E-state index >= 15 is 0 Å². The number of nitrogens with one attached hydrogen (secondary N) is 2. The second-order valence-corrected chi connectivity index (χ2v) is 4.98. The Morgan fingerprint density at radius 1 is 1.56 bits per heavy atom. The first-order valence-electron chi connectivity index (χ1n) is 6.08. The molecule has 98 valence electrons. The van der Waals surface area contributed by atoms with Gasteiger partial charge in [-0.2, -0.15) is 0 Å². The lowest BCUT2D eigenvalue weighted by Gasteiger charge is -2.29. The molecule has 1 saturated heterocycles. The van der Waals surface area contributed by atoms with Crippen molar-refractivity contribution in [2.75, 3.05) is 13.1 Å². The fraction of sp³-hybridized carbons (Fsp3) is 0.462. The van der Waals surface area contributed by atoms with Crippen molar-refractivity contribution in [3.8, 4) is 0 Å². The molecule has 0 saturated carbocycles. The van der Waals surface area contributed by atoms with Crippen LogP contribution in [0.15, 0.2) is 24.3 Å². The Morgan fingerprint density at radius 2 is 2.39 bits per heavy atom. The number of piperidine rings is 1. The topological polar surface area (TPSA) is 61.4 Å². The van der Waals surface area contributed by atoms with Crippen LogP contribution in [0.3, 0.4) is 0 Å². The number of rotatable bonds is 3. The van der Waals surface area contributed by atoms with Gasteiger partial charge in [0.2, 0.25) is 5.91 Å². The minimum Gasteiger partial charge on any atom is -0.390 e. The van der Waals surface area contributed by atoms with Gasteiger partial charge in [0.05, 0.1) is 18.6 Å². The van der Waals surface area contributed by atoms with Gasteiger partial charge in [-0.25, -0.2) is 0 Å². The Bertz CT molecular complexity index is 425. The summed E-state index contributed by atoms with van der Waals surface area (Å²) in [5.41, 5.74) is 0.878.